The summed E-state index contributed by atoms with van der Waals surface area (Å²) in [6.45, 7) is 0. The van der Waals surface area contributed by atoms with E-state index < -0.39 is 9.84 Å². The lowest BCUT2D eigenvalue weighted by atomic mass is 10.0. The number of rotatable bonds is 5. The summed E-state index contributed by atoms with van der Waals surface area (Å²) in [4.78, 5) is 12.9. The van der Waals surface area contributed by atoms with Crippen molar-refractivity contribution in [3.05, 3.63) is 41.7 Å². The number of benzene rings is 1. The molecule has 1 aromatic carbocycles. The molecule has 0 saturated heterocycles. The molecule has 0 radical (unpaired) electrons. The maximum absolute atomic E-state index is 12.6. The Kier molecular flexibility index (Phi) is 4.74. The third kappa shape index (κ3) is 3.44. The molecule has 3 aromatic rings. The highest BCUT2D eigenvalue weighted by molar-refractivity contribution is 7.91. The van der Waals surface area contributed by atoms with E-state index in [-0.39, 0.29) is 17.2 Å². The van der Waals surface area contributed by atoms with E-state index in [9.17, 15) is 13.2 Å². The first kappa shape index (κ1) is 18.7. The fraction of sp³-hybridized carbons (Fsp3) is 0.400. The molecule has 0 spiro atoms. The predicted molar refractivity (Wildman–Crippen MR) is 108 cm³/mol. The van der Waals surface area contributed by atoms with Crippen molar-refractivity contribution in [1.29, 1.82) is 0 Å². The largest absolute Gasteiger partial charge is 0.346 e. The lowest BCUT2D eigenvalue weighted by Crippen LogP contribution is -2.18. The Morgan fingerprint density at radius 2 is 2.00 bits per heavy atom. The van der Waals surface area contributed by atoms with Gasteiger partial charge in [0, 0.05) is 47.6 Å². The van der Waals surface area contributed by atoms with Crippen LogP contribution in [0, 0.1) is 0 Å². The minimum atomic E-state index is -3.49. The van der Waals surface area contributed by atoms with Crippen LogP contribution in [0.2, 0.25) is 0 Å². The second-order valence-electron chi connectivity index (χ2n) is 7.54. The number of carbonyl (C=O) groups is 1. The van der Waals surface area contributed by atoms with Crippen LogP contribution in [0.25, 0.3) is 10.9 Å². The highest BCUT2D eigenvalue weighted by Gasteiger charge is 2.25. The fourth-order valence-electron chi connectivity index (χ4n) is 4.21. The van der Waals surface area contributed by atoms with Gasteiger partial charge in [0.2, 0.25) is 5.91 Å². The van der Waals surface area contributed by atoms with Crippen LogP contribution < -0.4 is 5.32 Å². The van der Waals surface area contributed by atoms with Gasteiger partial charge in [0.15, 0.2) is 15.7 Å². The van der Waals surface area contributed by atoms with Gasteiger partial charge in [-0.15, -0.1) is 0 Å². The summed E-state index contributed by atoms with van der Waals surface area (Å²) in [5.74, 6) is 0.667. The molecule has 0 aliphatic heterocycles. The smallest absolute Gasteiger partial charge is 0.231 e. The van der Waals surface area contributed by atoms with Crippen LogP contribution in [0.1, 0.15) is 43.0 Å². The zero-order valence-electron chi connectivity index (χ0n) is 16.0. The van der Waals surface area contributed by atoms with Gasteiger partial charge in [-0.05, 0) is 18.9 Å². The van der Waals surface area contributed by atoms with E-state index in [2.05, 4.69) is 15.5 Å². The van der Waals surface area contributed by atoms with Crippen LogP contribution in [-0.2, 0) is 28.1 Å². The molecular weight excluding hydrogens is 376 g/mol. The summed E-state index contributed by atoms with van der Waals surface area (Å²) in [7, 11) is -1.70. The molecule has 8 heteroatoms. The fourth-order valence-corrected chi connectivity index (χ4v) is 5.42. The maximum atomic E-state index is 12.6. The van der Waals surface area contributed by atoms with Gasteiger partial charge in [-0.3, -0.25) is 9.89 Å². The summed E-state index contributed by atoms with van der Waals surface area (Å²) < 4.78 is 26.6. The Morgan fingerprint density at radius 3 is 2.71 bits per heavy atom. The Bertz CT molecular complexity index is 1140. The predicted octanol–water partition coefficient (Wildman–Crippen LogP) is 3.14. The van der Waals surface area contributed by atoms with Crippen LogP contribution in [0.5, 0.6) is 0 Å². The number of sulfone groups is 1. The number of amides is 1. The van der Waals surface area contributed by atoms with Gasteiger partial charge < -0.3 is 9.88 Å². The van der Waals surface area contributed by atoms with Crippen molar-refractivity contribution in [3.8, 4) is 0 Å². The second-order valence-corrected chi connectivity index (χ2v) is 9.49. The van der Waals surface area contributed by atoms with Gasteiger partial charge >= 0.3 is 0 Å². The molecule has 4 rings (SSSR count). The monoisotopic (exact) mass is 400 g/mol. The van der Waals surface area contributed by atoms with Crippen molar-refractivity contribution in [2.24, 2.45) is 7.05 Å². The van der Waals surface area contributed by atoms with E-state index in [0.29, 0.717) is 22.8 Å². The first-order valence-electron chi connectivity index (χ1n) is 9.46. The number of anilines is 1. The quantitative estimate of drug-likeness (QED) is 0.687. The van der Waals surface area contributed by atoms with E-state index in [0.717, 1.165) is 24.1 Å². The number of aryl methyl sites for hydroxylation is 1. The topological polar surface area (TPSA) is 96.8 Å². The molecule has 1 aliphatic carbocycles. The zero-order valence-corrected chi connectivity index (χ0v) is 16.8. The number of fused-ring (bicyclic) bond motifs is 1. The van der Waals surface area contributed by atoms with Crippen molar-refractivity contribution in [3.63, 3.8) is 0 Å². The average Bonchev–Trinajstić information content (AvgIpc) is 3.35. The molecule has 0 bridgehead atoms. The molecular formula is C20H24N4O3S. The normalized spacial score (nSPS) is 15.4. The number of para-hydroxylation sites is 1. The van der Waals surface area contributed by atoms with Crippen LogP contribution in [0.15, 0.2) is 35.2 Å². The first-order valence-corrected chi connectivity index (χ1v) is 11.3. The molecule has 0 unspecified atom stereocenters. The van der Waals surface area contributed by atoms with E-state index in [1.807, 2.05) is 18.2 Å². The Hall–Kier alpha value is -2.61. The summed E-state index contributed by atoms with van der Waals surface area (Å²) in [6.07, 6.45) is 5.87. The molecule has 1 amide bonds. The molecule has 2 aromatic heterocycles. The van der Waals surface area contributed by atoms with E-state index >= 15 is 0 Å². The van der Waals surface area contributed by atoms with Crippen molar-refractivity contribution in [1.82, 2.24) is 14.8 Å². The molecule has 0 atom stereocenters. The number of aromatic amines is 1. The molecule has 1 fully saturated rings. The summed E-state index contributed by atoms with van der Waals surface area (Å²) in [5.41, 5.74) is 2.32. The molecule has 148 valence electrons. The van der Waals surface area contributed by atoms with Crippen LogP contribution in [0.4, 0.5) is 5.82 Å². The highest BCUT2D eigenvalue weighted by atomic mass is 32.2. The molecule has 2 heterocycles. The van der Waals surface area contributed by atoms with Crippen LogP contribution in [0.3, 0.4) is 0 Å². The van der Waals surface area contributed by atoms with Gasteiger partial charge in [-0.2, -0.15) is 5.10 Å². The Balaban J connectivity index is 1.60. The highest BCUT2D eigenvalue weighted by Crippen LogP contribution is 2.34. The standard InChI is InChI=1S/C20H24N4O3S/c1-24-16-10-6-5-9-14(16)20(28(2,26)27)17(24)12-19(25)21-18-11-15(22-23-18)13-7-3-4-8-13/h5-6,9-11,13H,3-4,7-8,12H2,1-2H3,(H2,21,22,23,25). The SMILES string of the molecule is Cn1c(CC(=O)Nc2cc(C3CCCC3)[nH]n2)c(S(C)(=O)=O)c2ccccc21. The lowest BCUT2D eigenvalue weighted by Gasteiger charge is -2.07. The number of hydrogen-bond acceptors (Lipinski definition) is 4. The molecule has 1 saturated carbocycles. The van der Waals surface area contributed by atoms with Crippen molar-refractivity contribution in [2.45, 2.75) is 42.9 Å². The van der Waals surface area contributed by atoms with Gasteiger partial charge in [-0.1, -0.05) is 31.0 Å². The number of hydrogen-bond donors (Lipinski definition) is 2. The van der Waals surface area contributed by atoms with Crippen LogP contribution in [-0.4, -0.2) is 35.3 Å². The molecule has 7 nitrogen and oxygen atoms in total. The minimum Gasteiger partial charge on any atom is -0.346 e. The van der Waals surface area contributed by atoms with Gasteiger partial charge in [0.1, 0.15) is 0 Å². The third-order valence-corrected chi connectivity index (χ3v) is 6.73. The molecule has 2 N–H and O–H groups in total. The van der Waals surface area contributed by atoms with Gasteiger partial charge in [0.25, 0.3) is 0 Å². The minimum absolute atomic E-state index is 0.0425. The lowest BCUT2D eigenvalue weighted by molar-refractivity contribution is -0.115. The Labute approximate surface area is 164 Å². The number of aromatic nitrogens is 3. The maximum Gasteiger partial charge on any atom is 0.231 e. The summed E-state index contributed by atoms with van der Waals surface area (Å²) >= 11 is 0. The average molecular weight is 401 g/mol. The molecule has 28 heavy (non-hydrogen) atoms. The zero-order chi connectivity index (χ0) is 19.9. The first-order chi connectivity index (χ1) is 13.3. The Morgan fingerprint density at radius 1 is 1.29 bits per heavy atom. The van der Waals surface area contributed by atoms with Crippen molar-refractivity contribution < 1.29 is 13.2 Å². The van der Waals surface area contributed by atoms with Gasteiger partial charge in [0.05, 0.1) is 11.3 Å². The number of nitrogens with one attached hydrogen (secondary N) is 2. The van der Waals surface area contributed by atoms with E-state index in [4.69, 9.17) is 0 Å². The number of H-pyrrole nitrogens is 1. The number of nitrogens with zero attached hydrogens (tertiary/aromatic N) is 2. The number of carbonyl (C=O) groups excluding carboxylic acids is 1. The van der Waals surface area contributed by atoms with Crippen molar-refractivity contribution >= 4 is 32.5 Å². The van der Waals surface area contributed by atoms with Gasteiger partial charge in [-0.25, -0.2) is 8.42 Å². The molecule has 1 aliphatic rings. The van der Waals surface area contributed by atoms with Crippen molar-refractivity contribution in [2.75, 3.05) is 11.6 Å². The van der Waals surface area contributed by atoms with E-state index in [1.165, 1.54) is 19.1 Å². The summed E-state index contributed by atoms with van der Waals surface area (Å²) in [6, 6.07) is 9.16. The summed E-state index contributed by atoms with van der Waals surface area (Å²) in [5, 5.41) is 10.6. The van der Waals surface area contributed by atoms with E-state index in [1.54, 1.807) is 23.7 Å². The van der Waals surface area contributed by atoms with Crippen LogP contribution >= 0.6 is 0 Å². The second kappa shape index (κ2) is 7.09. The third-order valence-electron chi connectivity index (χ3n) is 5.54.